The third-order valence-corrected chi connectivity index (χ3v) is 5.81. The maximum absolute atomic E-state index is 13.0. The van der Waals surface area contributed by atoms with Gasteiger partial charge in [0.25, 0.3) is 0 Å². The third-order valence-electron chi connectivity index (χ3n) is 5.81. The van der Waals surface area contributed by atoms with Gasteiger partial charge in [-0.15, -0.1) is 0 Å². The van der Waals surface area contributed by atoms with E-state index in [1.165, 1.54) is 17.7 Å². The summed E-state index contributed by atoms with van der Waals surface area (Å²) in [4.78, 5) is 15.2. The van der Waals surface area contributed by atoms with E-state index >= 15 is 0 Å². The van der Waals surface area contributed by atoms with Gasteiger partial charge in [0, 0.05) is 32.1 Å². The van der Waals surface area contributed by atoms with Crippen LogP contribution in [-0.4, -0.2) is 43.6 Å². The number of halogens is 3. The summed E-state index contributed by atoms with van der Waals surface area (Å²) in [6, 6.07) is 15.0. The molecule has 0 aromatic heterocycles. The zero-order chi connectivity index (χ0) is 23.8. The Balaban J connectivity index is 1.57. The average Bonchev–Trinajstić information content (AvgIpc) is 2.77. The topological polar surface area (TPSA) is 41.6 Å². The normalized spacial score (nSPS) is 19.5. The van der Waals surface area contributed by atoms with Crippen LogP contribution in [0.2, 0.25) is 0 Å². The molecule has 0 saturated carbocycles. The van der Waals surface area contributed by atoms with Crippen molar-refractivity contribution in [1.82, 2.24) is 10.2 Å². The number of hydrogen-bond acceptors (Lipinski definition) is 3. The van der Waals surface area contributed by atoms with Crippen LogP contribution >= 0.6 is 0 Å². The lowest BCUT2D eigenvalue weighted by atomic mass is 9.88. The number of piperidine rings is 1. The lowest BCUT2D eigenvalue weighted by molar-refractivity contribution is -0.137. The van der Waals surface area contributed by atoms with Gasteiger partial charge in [0.2, 0.25) is 5.91 Å². The molecule has 33 heavy (non-hydrogen) atoms. The molecule has 0 spiro atoms. The lowest BCUT2D eigenvalue weighted by Crippen LogP contribution is -2.48. The fourth-order valence-electron chi connectivity index (χ4n) is 4.37. The molecule has 0 aliphatic carbocycles. The number of carbonyl (C=O) groups is 1. The minimum absolute atomic E-state index is 0.0310. The molecule has 2 aromatic carbocycles. The molecule has 7 heteroatoms. The van der Waals surface area contributed by atoms with Crippen molar-refractivity contribution >= 4 is 5.91 Å². The molecule has 1 heterocycles. The van der Waals surface area contributed by atoms with E-state index in [4.69, 9.17) is 4.74 Å². The van der Waals surface area contributed by atoms with Crippen molar-refractivity contribution in [3.05, 3.63) is 65.7 Å². The van der Waals surface area contributed by atoms with Crippen LogP contribution in [0, 0.1) is 17.8 Å². The summed E-state index contributed by atoms with van der Waals surface area (Å²) in [6.07, 6.45) is -2.97. The quantitative estimate of drug-likeness (QED) is 0.568. The van der Waals surface area contributed by atoms with E-state index in [-0.39, 0.29) is 30.1 Å². The summed E-state index contributed by atoms with van der Waals surface area (Å²) >= 11 is 0. The number of likely N-dealkylation sites (tertiary alicyclic amines) is 1. The van der Waals surface area contributed by atoms with E-state index in [1.807, 2.05) is 30.3 Å². The van der Waals surface area contributed by atoms with Crippen LogP contribution in [-0.2, 0) is 17.4 Å². The van der Waals surface area contributed by atoms with Crippen LogP contribution in [0.25, 0.3) is 0 Å². The second kappa shape index (κ2) is 11.5. The van der Waals surface area contributed by atoms with Crippen LogP contribution in [0.3, 0.4) is 0 Å². The molecule has 1 aliphatic rings. The Bertz CT molecular complexity index is 887. The zero-order valence-electron chi connectivity index (χ0n) is 19.3. The predicted molar refractivity (Wildman–Crippen MR) is 123 cm³/mol. The molecule has 2 atom stereocenters. The van der Waals surface area contributed by atoms with Crippen molar-refractivity contribution in [3.8, 4) is 5.75 Å². The number of benzene rings is 2. The maximum atomic E-state index is 13.0. The minimum atomic E-state index is -4.40. The van der Waals surface area contributed by atoms with Crippen LogP contribution in [0.5, 0.6) is 5.75 Å². The Morgan fingerprint density at radius 2 is 1.88 bits per heavy atom. The molecule has 1 amide bonds. The average molecular weight is 463 g/mol. The Morgan fingerprint density at radius 1 is 1.12 bits per heavy atom. The van der Waals surface area contributed by atoms with E-state index in [0.717, 1.165) is 31.6 Å². The van der Waals surface area contributed by atoms with Gasteiger partial charge in [-0.05, 0) is 42.5 Å². The summed E-state index contributed by atoms with van der Waals surface area (Å²) in [5.74, 6) is 0.591. The number of nitrogens with zero attached hydrogens (tertiary/aromatic N) is 1. The number of nitrogens with one attached hydrogen (secondary N) is 1. The molecule has 2 aromatic rings. The second-order valence-corrected chi connectivity index (χ2v) is 9.27. The molecule has 0 bridgehead atoms. The van der Waals surface area contributed by atoms with Gasteiger partial charge in [-0.1, -0.05) is 50.2 Å². The maximum Gasteiger partial charge on any atom is 0.416 e. The fraction of sp³-hybridized carbons (Fsp3) is 0.500. The molecule has 0 unspecified atom stereocenters. The van der Waals surface area contributed by atoms with Gasteiger partial charge in [-0.3, -0.25) is 4.79 Å². The highest BCUT2D eigenvalue weighted by Gasteiger charge is 2.33. The Labute approximate surface area is 194 Å². The van der Waals surface area contributed by atoms with Crippen LogP contribution in [0.1, 0.15) is 31.4 Å². The predicted octanol–water partition coefficient (Wildman–Crippen LogP) is 5.04. The molecule has 1 fully saturated rings. The minimum Gasteiger partial charge on any atom is -0.493 e. The first-order chi connectivity index (χ1) is 15.7. The van der Waals surface area contributed by atoms with E-state index in [9.17, 15) is 18.0 Å². The first kappa shape index (κ1) is 25.1. The van der Waals surface area contributed by atoms with Crippen LogP contribution in [0.15, 0.2) is 54.6 Å². The summed E-state index contributed by atoms with van der Waals surface area (Å²) in [7, 11) is 0. The van der Waals surface area contributed by atoms with Crippen molar-refractivity contribution in [2.75, 3.05) is 32.8 Å². The number of amides is 1. The largest absolute Gasteiger partial charge is 0.493 e. The highest BCUT2D eigenvalue weighted by Crippen LogP contribution is 2.32. The van der Waals surface area contributed by atoms with Gasteiger partial charge in [0.1, 0.15) is 5.75 Å². The molecule has 4 nitrogen and oxygen atoms in total. The number of hydrogen-bond donors (Lipinski definition) is 1. The summed E-state index contributed by atoms with van der Waals surface area (Å²) in [6.45, 7) is 7.46. The number of carbonyl (C=O) groups excluding carboxylic acids is 1. The molecular weight excluding hydrogens is 429 g/mol. The molecular formula is C26H33F3N2O2. The van der Waals surface area contributed by atoms with Crippen molar-refractivity contribution in [2.45, 2.75) is 32.9 Å². The molecule has 180 valence electrons. The van der Waals surface area contributed by atoms with Gasteiger partial charge in [0.05, 0.1) is 18.1 Å². The SMILES string of the molecule is CC(C)CN1C[C@@H](COc2cccc(C(F)(F)F)c2)C[C@@H](C(=O)NCCc2ccccc2)C1. The number of rotatable bonds is 9. The van der Waals surface area contributed by atoms with Crippen LogP contribution in [0.4, 0.5) is 13.2 Å². The Kier molecular flexibility index (Phi) is 8.78. The van der Waals surface area contributed by atoms with Gasteiger partial charge in [-0.2, -0.15) is 13.2 Å². The molecule has 3 rings (SSSR count). The van der Waals surface area contributed by atoms with E-state index in [2.05, 4.69) is 24.1 Å². The Morgan fingerprint density at radius 3 is 2.58 bits per heavy atom. The first-order valence-electron chi connectivity index (χ1n) is 11.5. The number of ether oxygens (including phenoxy) is 1. The fourth-order valence-corrected chi connectivity index (χ4v) is 4.37. The standard InChI is InChI=1S/C26H33F3N2O2/c1-19(2)15-31-16-21(18-33-24-10-6-9-23(14-24)26(27,28)29)13-22(17-31)25(32)30-12-11-20-7-4-3-5-8-20/h3-10,14,19,21-22H,11-13,15-18H2,1-2H3,(H,30,32)/t21-,22+/m0/s1. The molecule has 1 N–H and O–H groups in total. The highest BCUT2D eigenvalue weighted by molar-refractivity contribution is 5.79. The van der Waals surface area contributed by atoms with Crippen LogP contribution < -0.4 is 10.1 Å². The summed E-state index contributed by atoms with van der Waals surface area (Å²) in [5.41, 5.74) is 0.455. The second-order valence-electron chi connectivity index (χ2n) is 9.27. The van der Waals surface area contributed by atoms with E-state index < -0.39 is 11.7 Å². The van der Waals surface area contributed by atoms with Gasteiger partial charge < -0.3 is 15.0 Å². The number of alkyl halides is 3. The summed E-state index contributed by atoms with van der Waals surface area (Å²) in [5, 5.41) is 3.06. The molecule has 1 saturated heterocycles. The van der Waals surface area contributed by atoms with Gasteiger partial charge in [0.15, 0.2) is 0 Å². The smallest absolute Gasteiger partial charge is 0.416 e. The van der Waals surface area contributed by atoms with E-state index in [0.29, 0.717) is 25.4 Å². The van der Waals surface area contributed by atoms with Gasteiger partial charge in [-0.25, -0.2) is 0 Å². The van der Waals surface area contributed by atoms with Crippen molar-refractivity contribution in [3.63, 3.8) is 0 Å². The van der Waals surface area contributed by atoms with Crippen molar-refractivity contribution in [2.24, 2.45) is 17.8 Å². The molecule has 1 aliphatic heterocycles. The Hall–Kier alpha value is -2.54. The van der Waals surface area contributed by atoms with Crippen molar-refractivity contribution in [1.29, 1.82) is 0 Å². The molecule has 0 radical (unpaired) electrons. The zero-order valence-corrected chi connectivity index (χ0v) is 19.3. The third kappa shape index (κ3) is 8.07. The summed E-state index contributed by atoms with van der Waals surface area (Å²) < 4.78 is 44.7. The first-order valence-corrected chi connectivity index (χ1v) is 11.5. The van der Waals surface area contributed by atoms with Gasteiger partial charge >= 0.3 is 6.18 Å². The van der Waals surface area contributed by atoms with Crippen molar-refractivity contribution < 1.29 is 22.7 Å². The van der Waals surface area contributed by atoms with E-state index in [1.54, 1.807) is 0 Å². The monoisotopic (exact) mass is 462 g/mol. The highest BCUT2D eigenvalue weighted by atomic mass is 19.4. The lowest BCUT2D eigenvalue weighted by Gasteiger charge is -2.38.